The maximum atomic E-state index is 13.4. The molecule has 0 atom stereocenters. The van der Waals surface area contributed by atoms with Crippen LogP contribution in [-0.2, 0) is 0 Å². The van der Waals surface area contributed by atoms with Crippen molar-refractivity contribution in [2.45, 2.75) is 0 Å². The van der Waals surface area contributed by atoms with Gasteiger partial charge in [-0.2, -0.15) is 5.10 Å². The second-order valence-electron chi connectivity index (χ2n) is 4.58. The molecule has 3 rings (SSSR count). The number of fused-ring (bicyclic) bond motifs is 1. The van der Waals surface area contributed by atoms with Crippen LogP contribution >= 0.6 is 0 Å². The molecule has 0 aliphatic carbocycles. The summed E-state index contributed by atoms with van der Waals surface area (Å²) < 4.78 is 26.2. The molecule has 0 radical (unpaired) electrons. The van der Waals surface area contributed by atoms with Crippen molar-refractivity contribution in [3.63, 3.8) is 0 Å². The van der Waals surface area contributed by atoms with Gasteiger partial charge in [0.15, 0.2) is 5.82 Å². The lowest BCUT2D eigenvalue weighted by Crippen LogP contribution is -1.96. The van der Waals surface area contributed by atoms with E-state index in [-0.39, 0.29) is 11.4 Å². The van der Waals surface area contributed by atoms with Crippen molar-refractivity contribution in [2.75, 3.05) is 5.43 Å². The van der Waals surface area contributed by atoms with Crippen molar-refractivity contribution in [3.8, 4) is 5.75 Å². The molecule has 110 valence electrons. The lowest BCUT2D eigenvalue weighted by molar-refractivity contribution is 0.480. The first-order chi connectivity index (χ1) is 10.6. The number of rotatable bonds is 3. The molecular formula is C16H11F2N3O. The van der Waals surface area contributed by atoms with Crippen molar-refractivity contribution in [1.29, 1.82) is 0 Å². The lowest BCUT2D eigenvalue weighted by atomic mass is 10.2. The van der Waals surface area contributed by atoms with Crippen LogP contribution in [0.3, 0.4) is 0 Å². The summed E-state index contributed by atoms with van der Waals surface area (Å²) in [5.74, 6) is -1.31. The van der Waals surface area contributed by atoms with Crippen LogP contribution in [0.4, 0.5) is 14.5 Å². The molecule has 2 aromatic carbocycles. The van der Waals surface area contributed by atoms with Crippen LogP contribution < -0.4 is 5.43 Å². The number of hydrazone groups is 1. The van der Waals surface area contributed by atoms with Crippen LogP contribution in [0, 0.1) is 11.6 Å². The fourth-order valence-corrected chi connectivity index (χ4v) is 1.97. The van der Waals surface area contributed by atoms with E-state index in [4.69, 9.17) is 0 Å². The highest BCUT2D eigenvalue weighted by molar-refractivity contribution is 5.88. The first kappa shape index (κ1) is 13.9. The van der Waals surface area contributed by atoms with E-state index in [1.807, 2.05) is 6.07 Å². The van der Waals surface area contributed by atoms with Gasteiger partial charge in [-0.05, 0) is 24.3 Å². The van der Waals surface area contributed by atoms with E-state index in [2.05, 4.69) is 15.5 Å². The number of nitrogens with one attached hydrogen (secondary N) is 1. The summed E-state index contributed by atoms with van der Waals surface area (Å²) >= 11 is 0. The summed E-state index contributed by atoms with van der Waals surface area (Å²) in [6.45, 7) is 0. The summed E-state index contributed by atoms with van der Waals surface area (Å²) in [7, 11) is 0. The molecule has 6 heteroatoms. The topological polar surface area (TPSA) is 57.5 Å². The van der Waals surface area contributed by atoms with E-state index in [0.29, 0.717) is 11.2 Å². The maximum Gasteiger partial charge on any atom is 0.151 e. The number of aromatic nitrogens is 1. The first-order valence-electron chi connectivity index (χ1n) is 6.46. The highest BCUT2D eigenvalue weighted by atomic mass is 19.1. The zero-order chi connectivity index (χ0) is 15.5. The quantitative estimate of drug-likeness (QED) is 0.573. The Morgan fingerprint density at radius 3 is 2.77 bits per heavy atom. The van der Waals surface area contributed by atoms with E-state index in [0.717, 1.165) is 17.5 Å². The third-order valence-electron chi connectivity index (χ3n) is 3.03. The summed E-state index contributed by atoms with van der Waals surface area (Å²) in [4.78, 5) is 4.25. The number of hydrogen-bond acceptors (Lipinski definition) is 4. The Hall–Kier alpha value is -3.02. The predicted molar refractivity (Wildman–Crippen MR) is 81.0 cm³/mol. The molecule has 2 N–H and O–H groups in total. The normalized spacial score (nSPS) is 11.2. The molecule has 3 aromatic rings. The van der Waals surface area contributed by atoms with E-state index >= 15 is 0 Å². The number of phenolic OH excluding ortho intramolecular Hbond substituents is 1. The molecule has 0 saturated carbocycles. The Morgan fingerprint density at radius 1 is 1.09 bits per heavy atom. The van der Waals surface area contributed by atoms with Crippen molar-refractivity contribution in [2.24, 2.45) is 5.10 Å². The molecule has 4 nitrogen and oxygen atoms in total. The number of nitrogens with zero attached hydrogens (tertiary/aromatic N) is 2. The Balaban J connectivity index is 1.82. The van der Waals surface area contributed by atoms with Gasteiger partial charge < -0.3 is 5.11 Å². The summed E-state index contributed by atoms with van der Waals surface area (Å²) in [6, 6.07) is 11.8. The summed E-state index contributed by atoms with van der Waals surface area (Å²) in [5, 5.41) is 14.4. The molecule has 22 heavy (non-hydrogen) atoms. The number of pyridine rings is 1. The number of phenols is 1. The highest BCUT2D eigenvalue weighted by Gasteiger charge is 2.03. The third-order valence-corrected chi connectivity index (χ3v) is 3.03. The number of hydrogen-bond donors (Lipinski definition) is 2. The molecule has 0 saturated heterocycles. The van der Waals surface area contributed by atoms with E-state index in [1.165, 1.54) is 12.3 Å². The minimum atomic E-state index is -0.735. The second-order valence-corrected chi connectivity index (χ2v) is 4.58. The Morgan fingerprint density at radius 2 is 1.95 bits per heavy atom. The monoisotopic (exact) mass is 299 g/mol. The standard InChI is InChI=1S/C16H11F2N3O/c17-11-5-7-14(13(18)8-11)21-19-9-12-6-4-10-2-1-3-15(22)16(10)20-12/h1-9,21-22H/b19-9+. The highest BCUT2D eigenvalue weighted by Crippen LogP contribution is 2.22. The second kappa shape index (κ2) is 5.77. The van der Waals surface area contributed by atoms with Crippen molar-refractivity contribution in [3.05, 3.63) is 65.9 Å². The SMILES string of the molecule is Oc1cccc2ccc(/C=N/Nc3ccc(F)cc3F)nc12. The molecule has 1 aromatic heterocycles. The van der Waals surface area contributed by atoms with Gasteiger partial charge >= 0.3 is 0 Å². The van der Waals surface area contributed by atoms with Gasteiger partial charge in [-0.3, -0.25) is 5.43 Å². The zero-order valence-electron chi connectivity index (χ0n) is 11.3. The van der Waals surface area contributed by atoms with E-state index in [1.54, 1.807) is 24.3 Å². The van der Waals surface area contributed by atoms with Crippen LogP contribution in [0.1, 0.15) is 5.69 Å². The molecule has 1 heterocycles. The van der Waals surface area contributed by atoms with Gasteiger partial charge in [-0.15, -0.1) is 0 Å². The molecule has 0 spiro atoms. The average molecular weight is 299 g/mol. The molecule has 0 amide bonds. The molecule has 0 aliphatic rings. The number of halogens is 2. The molecule has 0 fully saturated rings. The maximum absolute atomic E-state index is 13.4. The van der Waals surface area contributed by atoms with Crippen molar-refractivity contribution in [1.82, 2.24) is 4.98 Å². The van der Waals surface area contributed by atoms with Crippen molar-refractivity contribution >= 4 is 22.8 Å². The fourth-order valence-electron chi connectivity index (χ4n) is 1.97. The first-order valence-corrected chi connectivity index (χ1v) is 6.46. The number of aromatic hydroxyl groups is 1. The van der Waals surface area contributed by atoms with Gasteiger partial charge in [0.2, 0.25) is 0 Å². The number of anilines is 1. The van der Waals surface area contributed by atoms with Crippen LogP contribution in [0.25, 0.3) is 10.9 Å². The number of benzene rings is 2. The molecular weight excluding hydrogens is 288 g/mol. The van der Waals surface area contributed by atoms with Crippen LogP contribution in [0.2, 0.25) is 0 Å². The van der Waals surface area contributed by atoms with E-state index < -0.39 is 11.6 Å². The molecule has 0 aliphatic heterocycles. The summed E-state index contributed by atoms with van der Waals surface area (Å²) in [5.41, 5.74) is 3.48. The van der Waals surface area contributed by atoms with Gasteiger partial charge in [0.1, 0.15) is 17.1 Å². The smallest absolute Gasteiger partial charge is 0.151 e. The predicted octanol–water partition coefficient (Wildman–Crippen LogP) is 3.66. The Bertz CT molecular complexity index is 865. The zero-order valence-corrected chi connectivity index (χ0v) is 11.3. The largest absolute Gasteiger partial charge is 0.506 e. The fraction of sp³-hybridized carbons (Fsp3) is 0. The van der Waals surface area contributed by atoms with Crippen LogP contribution in [0.15, 0.2) is 53.6 Å². The van der Waals surface area contributed by atoms with Crippen LogP contribution in [-0.4, -0.2) is 16.3 Å². The van der Waals surface area contributed by atoms with E-state index in [9.17, 15) is 13.9 Å². The van der Waals surface area contributed by atoms with Crippen LogP contribution in [0.5, 0.6) is 5.75 Å². The molecule has 0 bridgehead atoms. The van der Waals surface area contributed by atoms with Gasteiger partial charge in [0.25, 0.3) is 0 Å². The van der Waals surface area contributed by atoms with Gasteiger partial charge in [-0.1, -0.05) is 18.2 Å². The van der Waals surface area contributed by atoms with Gasteiger partial charge in [0, 0.05) is 11.5 Å². The van der Waals surface area contributed by atoms with Crippen molar-refractivity contribution < 1.29 is 13.9 Å². The third kappa shape index (κ3) is 2.85. The lowest BCUT2D eigenvalue weighted by Gasteiger charge is -2.02. The minimum absolute atomic E-state index is 0.0567. The molecule has 0 unspecified atom stereocenters. The van der Waals surface area contributed by atoms with Gasteiger partial charge in [0.05, 0.1) is 17.6 Å². The average Bonchev–Trinajstić information content (AvgIpc) is 2.50. The minimum Gasteiger partial charge on any atom is -0.506 e. The number of para-hydroxylation sites is 1. The summed E-state index contributed by atoms with van der Waals surface area (Å²) in [6.07, 6.45) is 1.38. The van der Waals surface area contributed by atoms with Gasteiger partial charge in [-0.25, -0.2) is 13.8 Å². The Labute approximate surface area is 124 Å². The Kier molecular flexibility index (Phi) is 3.65.